The lowest BCUT2D eigenvalue weighted by Crippen LogP contribution is -2.40. The molecule has 3 rings (SSSR count). The summed E-state index contributed by atoms with van der Waals surface area (Å²) < 4.78 is 33.9. The molecule has 0 spiro atoms. The molecule has 0 bridgehead atoms. The van der Waals surface area contributed by atoms with Gasteiger partial charge < -0.3 is 4.74 Å². The van der Waals surface area contributed by atoms with Crippen LogP contribution in [0.5, 0.6) is 5.88 Å². The quantitative estimate of drug-likeness (QED) is 0.555. The number of nitrogens with zero attached hydrogens (tertiary/aromatic N) is 4. The lowest BCUT2D eigenvalue weighted by atomic mass is 9.94. The van der Waals surface area contributed by atoms with Gasteiger partial charge in [-0.3, -0.25) is 10.1 Å². The molecule has 0 atom stereocenters. The summed E-state index contributed by atoms with van der Waals surface area (Å²) in [5.41, 5.74) is 0.272. The molecule has 1 fully saturated rings. The van der Waals surface area contributed by atoms with Gasteiger partial charge in [-0.2, -0.15) is 5.26 Å². The number of nitro groups is 1. The average molecular weight is 417 g/mol. The summed E-state index contributed by atoms with van der Waals surface area (Å²) >= 11 is 0. The van der Waals surface area contributed by atoms with Crippen molar-refractivity contribution < 1.29 is 18.1 Å². The first-order chi connectivity index (χ1) is 13.8. The minimum Gasteiger partial charge on any atom is -0.472 e. The molecule has 1 aliphatic rings. The van der Waals surface area contributed by atoms with E-state index in [9.17, 15) is 18.5 Å². The highest BCUT2D eigenvalue weighted by Gasteiger charge is 2.29. The fourth-order valence-electron chi connectivity index (χ4n) is 3.22. The number of nitro benzene ring substituents is 1. The molecule has 0 aliphatic heterocycles. The van der Waals surface area contributed by atoms with Gasteiger partial charge in [-0.25, -0.2) is 23.1 Å². The molecule has 2 aromatic rings. The molecule has 1 aliphatic carbocycles. The van der Waals surface area contributed by atoms with Crippen LogP contribution in [-0.4, -0.2) is 35.5 Å². The Morgan fingerprint density at radius 3 is 2.59 bits per heavy atom. The summed E-state index contributed by atoms with van der Waals surface area (Å²) in [6, 6.07) is 5.38. The zero-order valence-corrected chi connectivity index (χ0v) is 16.4. The van der Waals surface area contributed by atoms with Crippen LogP contribution in [0.2, 0.25) is 0 Å². The number of hydrogen-bond donors (Lipinski definition) is 1. The van der Waals surface area contributed by atoms with Crippen LogP contribution in [0.15, 0.2) is 35.5 Å². The molecule has 1 aromatic carbocycles. The van der Waals surface area contributed by atoms with Gasteiger partial charge in [-0.1, -0.05) is 6.07 Å². The van der Waals surface area contributed by atoms with Crippen LogP contribution in [0.4, 0.5) is 5.69 Å². The standard InChI is InChI=1S/C18H19N5O5S/c1-12-2-5-14(23(24)25)10-17(12)29(26,27)22-13-3-6-15(7-4-13)28-18-16(11-19)20-8-9-21-18/h2,5,8-10,13,15,22H,3-4,6-7H2,1H3. The van der Waals surface area contributed by atoms with Gasteiger partial charge in [-0.15, -0.1) is 0 Å². The number of nitrogens with one attached hydrogen (secondary N) is 1. The van der Waals surface area contributed by atoms with Crippen LogP contribution in [0.25, 0.3) is 0 Å². The van der Waals surface area contributed by atoms with Crippen LogP contribution in [-0.2, 0) is 10.0 Å². The van der Waals surface area contributed by atoms with Crippen molar-refractivity contribution in [3.63, 3.8) is 0 Å². The molecule has 0 unspecified atom stereocenters. The van der Waals surface area contributed by atoms with Gasteiger partial charge in [0.25, 0.3) is 11.6 Å². The molecule has 0 saturated heterocycles. The van der Waals surface area contributed by atoms with Gasteiger partial charge in [0.05, 0.1) is 9.82 Å². The Morgan fingerprint density at radius 1 is 1.24 bits per heavy atom. The topological polar surface area (TPSA) is 148 Å². The van der Waals surface area contributed by atoms with E-state index in [1.54, 1.807) is 6.92 Å². The monoisotopic (exact) mass is 417 g/mol. The van der Waals surface area contributed by atoms with Gasteiger partial charge in [0.15, 0.2) is 0 Å². The molecule has 29 heavy (non-hydrogen) atoms. The molecule has 1 N–H and O–H groups in total. The Morgan fingerprint density at radius 2 is 1.93 bits per heavy atom. The van der Waals surface area contributed by atoms with E-state index in [1.807, 2.05) is 6.07 Å². The molecule has 152 valence electrons. The van der Waals surface area contributed by atoms with Crippen molar-refractivity contribution >= 4 is 15.7 Å². The predicted molar refractivity (Wildman–Crippen MR) is 102 cm³/mol. The zero-order valence-electron chi connectivity index (χ0n) is 15.6. The van der Waals surface area contributed by atoms with Crippen LogP contribution in [0.3, 0.4) is 0 Å². The Hall–Kier alpha value is -3.10. The number of hydrogen-bond acceptors (Lipinski definition) is 8. The number of nitriles is 1. The van der Waals surface area contributed by atoms with E-state index >= 15 is 0 Å². The van der Waals surface area contributed by atoms with Crippen LogP contribution >= 0.6 is 0 Å². The van der Waals surface area contributed by atoms with Crippen molar-refractivity contribution in [1.82, 2.24) is 14.7 Å². The number of rotatable bonds is 6. The lowest BCUT2D eigenvalue weighted by Gasteiger charge is -2.29. The number of ether oxygens (including phenoxy) is 1. The number of sulfonamides is 1. The summed E-state index contributed by atoms with van der Waals surface area (Å²) in [6.45, 7) is 1.59. The second-order valence-electron chi connectivity index (χ2n) is 6.74. The second kappa shape index (κ2) is 8.50. The molecule has 10 nitrogen and oxygen atoms in total. The molecule has 0 radical (unpaired) electrons. The Balaban J connectivity index is 1.64. The molecule has 1 aromatic heterocycles. The largest absolute Gasteiger partial charge is 0.472 e. The number of benzene rings is 1. The Labute approximate surface area is 167 Å². The molecule has 11 heteroatoms. The second-order valence-corrected chi connectivity index (χ2v) is 8.42. The van der Waals surface area contributed by atoms with Gasteiger partial charge in [0.2, 0.25) is 15.7 Å². The molecule has 1 heterocycles. The van der Waals surface area contributed by atoms with Crippen molar-refractivity contribution in [2.24, 2.45) is 0 Å². The van der Waals surface area contributed by atoms with Gasteiger partial charge in [-0.05, 0) is 38.2 Å². The van der Waals surface area contributed by atoms with E-state index in [2.05, 4.69) is 14.7 Å². The van der Waals surface area contributed by atoms with Crippen LogP contribution < -0.4 is 9.46 Å². The minimum absolute atomic E-state index is 0.0942. The predicted octanol–water partition coefficient (Wildman–Crippen LogP) is 2.23. The van der Waals surface area contributed by atoms with Gasteiger partial charge >= 0.3 is 0 Å². The van der Waals surface area contributed by atoms with Crippen molar-refractivity contribution in [1.29, 1.82) is 5.26 Å². The first kappa shape index (κ1) is 20.6. The average Bonchev–Trinajstić information content (AvgIpc) is 2.69. The van der Waals surface area contributed by atoms with Crippen molar-refractivity contribution in [3.8, 4) is 11.9 Å². The van der Waals surface area contributed by atoms with E-state index in [1.165, 1.54) is 24.5 Å². The van der Waals surface area contributed by atoms with E-state index < -0.39 is 14.9 Å². The van der Waals surface area contributed by atoms with E-state index in [0.29, 0.717) is 31.2 Å². The van der Waals surface area contributed by atoms with E-state index in [4.69, 9.17) is 10.00 Å². The first-order valence-electron chi connectivity index (χ1n) is 8.95. The normalized spacial score (nSPS) is 19.3. The smallest absolute Gasteiger partial charge is 0.270 e. The summed E-state index contributed by atoms with van der Waals surface area (Å²) in [5, 5.41) is 20.0. The zero-order chi connectivity index (χ0) is 21.0. The third-order valence-corrected chi connectivity index (χ3v) is 6.38. The van der Waals surface area contributed by atoms with E-state index in [-0.39, 0.29) is 34.3 Å². The maximum atomic E-state index is 12.7. The van der Waals surface area contributed by atoms with Crippen molar-refractivity contribution in [2.45, 2.75) is 49.6 Å². The Bertz CT molecular complexity index is 1060. The summed E-state index contributed by atoms with van der Waals surface area (Å²) in [7, 11) is -3.89. The van der Waals surface area contributed by atoms with E-state index in [0.717, 1.165) is 6.07 Å². The highest BCUT2D eigenvalue weighted by molar-refractivity contribution is 7.89. The van der Waals surface area contributed by atoms with Crippen LogP contribution in [0, 0.1) is 28.4 Å². The maximum Gasteiger partial charge on any atom is 0.270 e. The number of non-ortho nitro benzene ring substituents is 1. The number of aromatic nitrogens is 2. The van der Waals surface area contributed by atoms with Gasteiger partial charge in [0.1, 0.15) is 12.2 Å². The molecular weight excluding hydrogens is 398 g/mol. The molecule has 0 amide bonds. The fourth-order valence-corrected chi connectivity index (χ4v) is 4.79. The van der Waals surface area contributed by atoms with Crippen molar-refractivity contribution in [3.05, 3.63) is 52.0 Å². The highest BCUT2D eigenvalue weighted by Crippen LogP contribution is 2.27. The van der Waals surface area contributed by atoms with Crippen molar-refractivity contribution in [2.75, 3.05) is 0 Å². The maximum absolute atomic E-state index is 12.7. The summed E-state index contributed by atoms with van der Waals surface area (Å²) in [4.78, 5) is 18.2. The highest BCUT2D eigenvalue weighted by atomic mass is 32.2. The summed E-state index contributed by atoms with van der Waals surface area (Å²) in [6.07, 6.45) is 4.86. The third-order valence-electron chi connectivity index (χ3n) is 4.72. The van der Waals surface area contributed by atoms with Crippen LogP contribution in [0.1, 0.15) is 36.9 Å². The lowest BCUT2D eigenvalue weighted by molar-refractivity contribution is -0.385. The summed E-state index contributed by atoms with van der Waals surface area (Å²) in [5.74, 6) is 0.172. The number of aryl methyl sites for hydroxylation is 1. The molecular formula is C18H19N5O5S. The first-order valence-corrected chi connectivity index (χ1v) is 10.4. The van der Waals surface area contributed by atoms with Gasteiger partial charge in [0, 0.05) is 30.6 Å². The fraction of sp³-hybridized carbons (Fsp3) is 0.389. The third kappa shape index (κ3) is 4.85. The Kier molecular flexibility index (Phi) is 6.05. The minimum atomic E-state index is -3.89. The SMILES string of the molecule is Cc1ccc([N+](=O)[O-])cc1S(=O)(=O)NC1CCC(Oc2nccnc2C#N)CC1. The molecule has 1 saturated carbocycles.